The molecule has 10 heteroatoms. The van der Waals surface area contributed by atoms with Crippen LogP contribution in [0.5, 0.6) is 5.75 Å². The Morgan fingerprint density at radius 1 is 1.19 bits per heavy atom. The van der Waals surface area contributed by atoms with E-state index in [0.29, 0.717) is 38.3 Å². The predicted octanol–water partition coefficient (Wildman–Crippen LogP) is 5.42. The second-order valence-corrected chi connectivity index (χ2v) is 8.21. The number of hydrogen-bond acceptors (Lipinski definition) is 5. The summed E-state index contributed by atoms with van der Waals surface area (Å²) in [7, 11) is 0. The minimum absolute atomic E-state index is 0.140. The van der Waals surface area contributed by atoms with Gasteiger partial charge in [-0.05, 0) is 18.9 Å². The van der Waals surface area contributed by atoms with Gasteiger partial charge >= 0.3 is 0 Å². The molecule has 1 aliphatic carbocycles. The quantitative estimate of drug-likeness (QED) is 0.433. The van der Waals surface area contributed by atoms with Crippen LogP contribution < -0.4 is 15.4 Å². The number of nitrogens with zero attached hydrogens (tertiary/aromatic N) is 2. The van der Waals surface area contributed by atoms with Crippen molar-refractivity contribution in [1.82, 2.24) is 20.3 Å². The molecular weight excluding hydrogens is 444 g/mol. The van der Waals surface area contributed by atoms with Crippen molar-refractivity contribution in [2.24, 2.45) is 0 Å². The number of benzene rings is 1. The fraction of sp³-hybridized carbons (Fsp3) is 0.381. The van der Waals surface area contributed by atoms with E-state index in [-0.39, 0.29) is 24.3 Å². The maximum atomic E-state index is 13.0. The Morgan fingerprint density at radius 3 is 2.65 bits per heavy atom. The first-order chi connectivity index (χ1) is 15.0. The highest BCUT2D eigenvalue weighted by atomic mass is 35.5. The average molecular weight is 466 g/mol. The molecular formula is C21H22Cl2FN5O2. The third-order valence-corrected chi connectivity index (χ3v) is 5.77. The number of alkyl halides is 1. The van der Waals surface area contributed by atoms with Crippen molar-refractivity contribution >= 4 is 51.8 Å². The van der Waals surface area contributed by atoms with Crippen molar-refractivity contribution in [2.75, 3.05) is 18.6 Å². The number of aromatic amines is 1. The Morgan fingerprint density at radius 2 is 1.94 bits per heavy atom. The molecule has 1 fully saturated rings. The fourth-order valence-corrected chi connectivity index (χ4v) is 4.16. The topological polar surface area (TPSA) is 91.9 Å². The Balaban J connectivity index is 1.64. The van der Waals surface area contributed by atoms with Crippen molar-refractivity contribution in [3.63, 3.8) is 0 Å². The molecule has 3 aromatic rings. The molecule has 0 saturated heterocycles. The Bertz CT molecular complexity index is 1060. The zero-order chi connectivity index (χ0) is 21.8. The van der Waals surface area contributed by atoms with Gasteiger partial charge in [-0.25, -0.2) is 9.37 Å². The summed E-state index contributed by atoms with van der Waals surface area (Å²) in [5.74, 6) is 0.426. The van der Waals surface area contributed by atoms with Gasteiger partial charge < -0.3 is 20.4 Å². The van der Waals surface area contributed by atoms with E-state index in [9.17, 15) is 9.18 Å². The van der Waals surface area contributed by atoms with Crippen LogP contribution >= 0.6 is 23.2 Å². The predicted molar refractivity (Wildman–Crippen MR) is 119 cm³/mol. The largest absolute Gasteiger partial charge is 0.490 e. The molecule has 4 rings (SSSR count). The molecule has 0 spiro atoms. The number of aromatic nitrogens is 3. The molecule has 2 aromatic heterocycles. The van der Waals surface area contributed by atoms with Gasteiger partial charge in [0.2, 0.25) is 5.95 Å². The van der Waals surface area contributed by atoms with E-state index in [1.165, 1.54) is 18.8 Å². The summed E-state index contributed by atoms with van der Waals surface area (Å²) in [5, 5.41) is 6.79. The van der Waals surface area contributed by atoms with Gasteiger partial charge in [-0.2, -0.15) is 0 Å². The lowest BCUT2D eigenvalue weighted by molar-refractivity contribution is 0.0923. The number of imidazole rings is 1. The number of carbonyl (C=O) groups excluding carboxylic acids is 1. The summed E-state index contributed by atoms with van der Waals surface area (Å²) in [6.45, 7) is -0.804. The first kappa shape index (κ1) is 21.6. The standard InChI is InChI=1S/C21H22Cl2FN5O2/c22-14-10-25-11-15(23)19(14)29-21-27-16-8-13(18(31-7-6-24)9-17(16)28-21)20(30)26-12-4-2-1-3-5-12/h8-12H,1-7H2,(H,26,30)(H2,25,27,28,29). The van der Waals surface area contributed by atoms with E-state index >= 15 is 0 Å². The van der Waals surface area contributed by atoms with E-state index in [2.05, 4.69) is 25.6 Å². The Hall–Kier alpha value is -2.58. The molecule has 0 radical (unpaired) electrons. The van der Waals surface area contributed by atoms with Crippen molar-refractivity contribution in [1.29, 1.82) is 0 Å². The molecule has 0 atom stereocenters. The van der Waals surface area contributed by atoms with Crippen LogP contribution in [0.15, 0.2) is 24.5 Å². The van der Waals surface area contributed by atoms with Crippen LogP contribution in [0.4, 0.5) is 16.0 Å². The smallest absolute Gasteiger partial charge is 0.255 e. The van der Waals surface area contributed by atoms with E-state index < -0.39 is 6.67 Å². The molecule has 0 aliphatic heterocycles. The molecule has 1 saturated carbocycles. The van der Waals surface area contributed by atoms with Gasteiger partial charge in [0.15, 0.2) is 0 Å². The maximum Gasteiger partial charge on any atom is 0.255 e. The number of halogens is 3. The van der Waals surface area contributed by atoms with Gasteiger partial charge in [-0.3, -0.25) is 9.78 Å². The zero-order valence-electron chi connectivity index (χ0n) is 16.7. The van der Waals surface area contributed by atoms with Crippen LogP contribution in [-0.4, -0.2) is 40.2 Å². The number of pyridine rings is 1. The van der Waals surface area contributed by atoms with Crippen molar-refractivity contribution in [2.45, 2.75) is 38.1 Å². The highest BCUT2D eigenvalue weighted by Gasteiger charge is 2.21. The van der Waals surface area contributed by atoms with Crippen LogP contribution in [0, 0.1) is 0 Å². The van der Waals surface area contributed by atoms with Gasteiger partial charge in [0, 0.05) is 24.5 Å². The van der Waals surface area contributed by atoms with Crippen molar-refractivity contribution < 1.29 is 13.9 Å². The summed E-state index contributed by atoms with van der Waals surface area (Å²) >= 11 is 12.3. The number of ether oxygens (including phenoxy) is 1. The number of anilines is 2. The maximum absolute atomic E-state index is 13.0. The monoisotopic (exact) mass is 465 g/mol. The minimum atomic E-state index is -0.659. The van der Waals surface area contributed by atoms with E-state index in [4.69, 9.17) is 27.9 Å². The van der Waals surface area contributed by atoms with Crippen molar-refractivity contribution in [3.8, 4) is 5.75 Å². The molecule has 0 bridgehead atoms. The summed E-state index contributed by atoms with van der Waals surface area (Å²) < 4.78 is 18.2. The molecule has 164 valence electrons. The molecule has 3 N–H and O–H groups in total. The second kappa shape index (κ2) is 9.70. The van der Waals surface area contributed by atoms with E-state index in [1.807, 2.05) is 0 Å². The molecule has 0 unspecified atom stereocenters. The summed E-state index contributed by atoms with van der Waals surface area (Å²) in [6, 6.07) is 3.42. The lowest BCUT2D eigenvalue weighted by Gasteiger charge is -2.23. The molecule has 1 aliphatic rings. The third-order valence-electron chi connectivity index (χ3n) is 5.20. The van der Waals surface area contributed by atoms with Gasteiger partial charge in [0.05, 0.1) is 32.3 Å². The van der Waals surface area contributed by atoms with Crippen molar-refractivity contribution in [3.05, 3.63) is 40.1 Å². The number of H-pyrrole nitrogens is 1. The van der Waals surface area contributed by atoms with E-state index in [0.717, 1.165) is 25.7 Å². The summed E-state index contributed by atoms with van der Waals surface area (Å²) in [4.78, 5) is 24.4. The molecule has 1 amide bonds. The first-order valence-electron chi connectivity index (χ1n) is 10.1. The van der Waals surface area contributed by atoms with E-state index in [1.54, 1.807) is 12.1 Å². The van der Waals surface area contributed by atoms with Crippen LogP contribution in [0.2, 0.25) is 10.0 Å². The lowest BCUT2D eigenvalue weighted by Crippen LogP contribution is -2.36. The van der Waals surface area contributed by atoms with Crippen LogP contribution in [0.1, 0.15) is 42.5 Å². The average Bonchev–Trinajstić information content (AvgIpc) is 3.16. The number of rotatable bonds is 7. The van der Waals surface area contributed by atoms with Crippen LogP contribution in [-0.2, 0) is 0 Å². The third kappa shape index (κ3) is 5.02. The molecule has 31 heavy (non-hydrogen) atoms. The SMILES string of the molecule is O=C(NC1CCCCC1)c1cc2[nH]c(Nc3c(Cl)cncc3Cl)nc2cc1OCCF. The number of amides is 1. The second-order valence-electron chi connectivity index (χ2n) is 7.40. The van der Waals surface area contributed by atoms with Gasteiger partial charge in [-0.15, -0.1) is 0 Å². The number of nitrogens with one attached hydrogen (secondary N) is 3. The summed E-state index contributed by atoms with van der Waals surface area (Å²) in [5.41, 5.74) is 1.96. The Labute approximate surface area is 188 Å². The number of fused-ring (bicyclic) bond motifs is 1. The zero-order valence-corrected chi connectivity index (χ0v) is 18.2. The summed E-state index contributed by atoms with van der Waals surface area (Å²) in [6.07, 6.45) is 8.25. The van der Waals surface area contributed by atoms with Gasteiger partial charge in [0.25, 0.3) is 5.91 Å². The fourth-order valence-electron chi connectivity index (χ4n) is 3.70. The van der Waals surface area contributed by atoms with Gasteiger partial charge in [-0.1, -0.05) is 42.5 Å². The highest BCUT2D eigenvalue weighted by molar-refractivity contribution is 6.39. The number of hydrogen-bond donors (Lipinski definition) is 3. The van der Waals surface area contributed by atoms with Crippen LogP contribution in [0.25, 0.3) is 11.0 Å². The highest BCUT2D eigenvalue weighted by Crippen LogP contribution is 2.32. The Kier molecular flexibility index (Phi) is 6.77. The molecule has 7 nitrogen and oxygen atoms in total. The van der Waals surface area contributed by atoms with Crippen LogP contribution in [0.3, 0.4) is 0 Å². The first-order valence-corrected chi connectivity index (χ1v) is 10.9. The normalized spacial score (nSPS) is 14.5. The minimum Gasteiger partial charge on any atom is -0.490 e. The molecule has 2 heterocycles. The molecule has 1 aromatic carbocycles. The van der Waals surface area contributed by atoms with Gasteiger partial charge in [0.1, 0.15) is 19.0 Å². The lowest BCUT2D eigenvalue weighted by atomic mass is 9.95. The number of carbonyl (C=O) groups is 1.